The molecule has 2 amide bonds. The van der Waals surface area contributed by atoms with Gasteiger partial charge < -0.3 is 9.47 Å². The number of imide groups is 1. The van der Waals surface area contributed by atoms with E-state index >= 15 is 0 Å². The van der Waals surface area contributed by atoms with Crippen molar-refractivity contribution in [2.45, 2.75) is 0 Å². The highest BCUT2D eigenvalue weighted by molar-refractivity contribution is 9.15. The fourth-order valence-electron chi connectivity index (χ4n) is 2.23. The van der Waals surface area contributed by atoms with Crippen molar-refractivity contribution in [1.82, 2.24) is 4.90 Å². The Hall–Kier alpha value is -0.490. The first kappa shape index (κ1) is 21.8. The van der Waals surface area contributed by atoms with Crippen molar-refractivity contribution in [1.29, 1.82) is 0 Å². The summed E-state index contributed by atoms with van der Waals surface area (Å²) in [5.74, 6) is -0.750. The average Bonchev–Trinajstić information content (AvgIpc) is 2.87. The summed E-state index contributed by atoms with van der Waals surface area (Å²) in [6.45, 7) is 1.56. The van der Waals surface area contributed by atoms with Crippen LogP contribution in [0.25, 0.3) is 10.4 Å². The molecule has 0 atom stereocenters. The maximum Gasteiger partial charge on any atom is 0.262 e. The number of carbonyl (C=O) groups excluding carboxylic acids is 2. The van der Waals surface area contributed by atoms with Crippen LogP contribution >= 0.6 is 63.7 Å². The van der Waals surface area contributed by atoms with Crippen molar-refractivity contribution < 1.29 is 19.1 Å². The lowest BCUT2D eigenvalue weighted by molar-refractivity contribution is 0.0372. The minimum Gasteiger partial charge on any atom is -0.379 e. The van der Waals surface area contributed by atoms with Gasteiger partial charge in [-0.05, 0) is 69.3 Å². The molecular weight excluding hydrogens is 608 g/mol. The fourth-order valence-corrected chi connectivity index (χ4v) is 4.68. The Kier molecular flexibility index (Phi) is 8.52. The van der Waals surface area contributed by atoms with E-state index in [1.165, 1.54) is 0 Å². The zero-order valence-electron chi connectivity index (χ0n) is 13.2. The molecule has 2 rings (SSSR count). The fraction of sp³-hybridized carbons (Fsp3) is 0.429. The van der Waals surface area contributed by atoms with E-state index in [1.54, 1.807) is 0 Å². The third kappa shape index (κ3) is 4.67. The summed E-state index contributed by atoms with van der Waals surface area (Å²) < 4.78 is 12.9. The quantitative estimate of drug-likeness (QED) is 0.0762. The number of azide groups is 1. The van der Waals surface area contributed by atoms with Crippen molar-refractivity contribution in [2.24, 2.45) is 5.11 Å². The number of fused-ring (bicyclic) bond motifs is 1. The van der Waals surface area contributed by atoms with Gasteiger partial charge in [0.1, 0.15) is 0 Å². The minimum atomic E-state index is -0.375. The summed E-state index contributed by atoms with van der Waals surface area (Å²) in [4.78, 5) is 29.0. The molecule has 0 fully saturated rings. The number of rotatable bonds is 9. The van der Waals surface area contributed by atoms with E-state index in [1.807, 2.05) is 0 Å². The van der Waals surface area contributed by atoms with Crippen molar-refractivity contribution in [3.63, 3.8) is 0 Å². The molecule has 0 spiro atoms. The maximum absolute atomic E-state index is 12.6. The molecule has 1 heterocycles. The van der Waals surface area contributed by atoms with E-state index in [4.69, 9.17) is 15.0 Å². The molecule has 8 nitrogen and oxygen atoms in total. The first-order valence-electron chi connectivity index (χ1n) is 7.30. The molecule has 12 heteroatoms. The molecule has 1 aromatic rings. The Morgan fingerprint density at radius 3 is 1.85 bits per heavy atom. The SMILES string of the molecule is [N-]=[N+]=NCCOCCOCCN1C(=O)c2c(Br)c(Br)c(Br)c(Br)c2C1=O. The Labute approximate surface area is 182 Å². The van der Waals surface area contributed by atoms with Crippen LogP contribution in [0.3, 0.4) is 0 Å². The number of nitrogens with zero attached hydrogens (tertiary/aromatic N) is 4. The smallest absolute Gasteiger partial charge is 0.262 e. The number of carbonyl (C=O) groups is 2. The van der Waals surface area contributed by atoms with Crippen LogP contribution in [0.5, 0.6) is 0 Å². The molecule has 0 saturated heterocycles. The highest BCUT2D eigenvalue weighted by Gasteiger charge is 2.40. The molecule has 1 aliphatic rings. The molecule has 1 aliphatic heterocycles. The molecular formula is C14H12Br4N4O4. The number of benzene rings is 1. The van der Waals surface area contributed by atoms with Crippen LogP contribution in [0.15, 0.2) is 23.0 Å². The van der Waals surface area contributed by atoms with E-state index in [9.17, 15) is 9.59 Å². The maximum atomic E-state index is 12.6. The van der Waals surface area contributed by atoms with E-state index < -0.39 is 0 Å². The molecule has 0 N–H and O–H groups in total. The lowest BCUT2D eigenvalue weighted by atomic mass is 10.1. The van der Waals surface area contributed by atoms with Crippen LogP contribution in [0.4, 0.5) is 0 Å². The highest BCUT2D eigenvalue weighted by Crippen LogP contribution is 2.45. The van der Waals surface area contributed by atoms with Crippen LogP contribution in [0.2, 0.25) is 0 Å². The van der Waals surface area contributed by atoms with Crippen molar-refractivity contribution >= 4 is 75.5 Å². The number of ether oxygens (including phenoxy) is 2. The molecule has 0 unspecified atom stereocenters. The van der Waals surface area contributed by atoms with Crippen LogP contribution in [0, 0.1) is 0 Å². The van der Waals surface area contributed by atoms with Crippen LogP contribution < -0.4 is 0 Å². The van der Waals surface area contributed by atoms with Gasteiger partial charge in [0.05, 0.1) is 44.1 Å². The molecule has 1 aromatic carbocycles. The van der Waals surface area contributed by atoms with E-state index in [0.29, 0.717) is 48.8 Å². The second kappa shape index (κ2) is 10.2. The largest absolute Gasteiger partial charge is 0.379 e. The lowest BCUT2D eigenvalue weighted by Crippen LogP contribution is -2.33. The van der Waals surface area contributed by atoms with Gasteiger partial charge in [-0.25, -0.2) is 0 Å². The number of halogens is 4. The summed E-state index contributed by atoms with van der Waals surface area (Å²) in [5, 5.41) is 3.34. The summed E-state index contributed by atoms with van der Waals surface area (Å²) in [6.07, 6.45) is 0. The van der Waals surface area contributed by atoms with Crippen molar-refractivity contribution in [2.75, 3.05) is 39.5 Å². The predicted molar refractivity (Wildman–Crippen MR) is 108 cm³/mol. The Balaban J connectivity index is 1.90. The number of hydrogen-bond donors (Lipinski definition) is 0. The van der Waals surface area contributed by atoms with Crippen LogP contribution in [-0.4, -0.2) is 56.2 Å². The zero-order chi connectivity index (χ0) is 19.3. The second-order valence-electron chi connectivity index (χ2n) is 4.95. The molecule has 0 saturated carbocycles. The average molecular weight is 620 g/mol. The van der Waals surface area contributed by atoms with E-state index in [0.717, 1.165) is 4.90 Å². The van der Waals surface area contributed by atoms with Gasteiger partial charge in [-0.15, -0.1) is 0 Å². The third-order valence-corrected chi connectivity index (χ3v) is 8.18. The minimum absolute atomic E-state index is 0.138. The standard InChI is InChI=1S/C14H12Br4N4O4/c15-9-7-8(10(16)12(18)11(9)17)14(24)22(13(7)23)2-4-26-6-5-25-3-1-20-21-19/h1-6H2. The first-order valence-corrected chi connectivity index (χ1v) is 10.5. The topological polar surface area (TPSA) is 105 Å². The summed E-state index contributed by atoms with van der Waals surface area (Å²) in [5.41, 5.74) is 8.76. The van der Waals surface area contributed by atoms with Crippen LogP contribution in [-0.2, 0) is 9.47 Å². The first-order chi connectivity index (χ1) is 12.4. The second-order valence-corrected chi connectivity index (χ2v) is 8.12. The Bertz CT molecular complexity index is 736. The van der Waals surface area contributed by atoms with Gasteiger partial charge in [-0.2, -0.15) is 0 Å². The zero-order valence-corrected chi connectivity index (χ0v) is 19.5. The van der Waals surface area contributed by atoms with Crippen molar-refractivity contribution in [3.8, 4) is 0 Å². The van der Waals surface area contributed by atoms with Crippen molar-refractivity contribution in [3.05, 3.63) is 39.5 Å². The molecule has 140 valence electrons. The van der Waals surface area contributed by atoms with Crippen LogP contribution in [0.1, 0.15) is 20.7 Å². The Morgan fingerprint density at radius 2 is 1.35 bits per heavy atom. The van der Waals surface area contributed by atoms with Gasteiger partial charge in [0.15, 0.2) is 0 Å². The monoisotopic (exact) mass is 616 g/mol. The molecule has 26 heavy (non-hydrogen) atoms. The van der Waals surface area contributed by atoms with Gasteiger partial charge in [0, 0.05) is 29.3 Å². The molecule has 0 radical (unpaired) electrons. The summed E-state index contributed by atoms with van der Waals surface area (Å²) >= 11 is 13.5. The van der Waals surface area contributed by atoms with E-state index in [2.05, 4.69) is 73.7 Å². The molecule has 0 aromatic heterocycles. The third-order valence-electron chi connectivity index (χ3n) is 3.42. The summed E-state index contributed by atoms with van der Waals surface area (Å²) in [6, 6.07) is 0. The lowest BCUT2D eigenvalue weighted by Gasteiger charge is -2.14. The van der Waals surface area contributed by atoms with Gasteiger partial charge in [0.2, 0.25) is 0 Å². The molecule has 0 aliphatic carbocycles. The van der Waals surface area contributed by atoms with Gasteiger partial charge in [-0.1, -0.05) is 5.11 Å². The predicted octanol–water partition coefficient (Wildman–Crippen LogP) is 4.68. The molecule has 0 bridgehead atoms. The van der Waals surface area contributed by atoms with E-state index in [-0.39, 0.29) is 31.5 Å². The normalized spacial score (nSPS) is 13.2. The summed E-state index contributed by atoms with van der Waals surface area (Å²) in [7, 11) is 0. The number of amides is 2. The van der Waals surface area contributed by atoms with Gasteiger partial charge in [0.25, 0.3) is 11.8 Å². The Morgan fingerprint density at radius 1 is 0.846 bits per heavy atom. The van der Waals surface area contributed by atoms with Gasteiger partial charge >= 0.3 is 0 Å². The number of hydrogen-bond acceptors (Lipinski definition) is 5. The highest BCUT2D eigenvalue weighted by atomic mass is 79.9. The van der Waals surface area contributed by atoms with Gasteiger partial charge in [-0.3, -0.25) is 14.5 Å².